The normalized spacial score (nSPS) is 15.2. The molecule has 158 valence electrons. The molecule has 0 unspecified atom stereocenters. The first-order valence-corrected chi connectivity index (χ1v) is 11.1. The van der Waals surface area contributed by atoms with Gasteiger partial charge < -0.3 is 9.47 Å². The molecular weight excluding hydrogens is 469 g/mol. The van der Waals surface area contributed by atoms with Crippen LogP contribution in [-0.4, -0.2) is 29.2 Å². The molecule has 1 aliphatic rings. The van der Waals surface area contributed by atoms with E-state index in [0.29, 0.717) is 50.2 Å². The first-order chi connectivity index (χ1) is 14.3. The molecule has 5 nitrogen and oxygen atoms in total. The van der Waals surface area contributed by atoms with Crippen molar-refractivity contribution in [2.24, 2.45) is 0 Å². The molecule has 2 amide bonds. The molecule has 0 atom stereocenters. The Bertz CT molecular complexity index is 1030. The van der Waals surface area contributed by atoms with Gasteiger partial charge in [-0.2, -0.15) is 0 Å². The Kier molecular flexibility index (Phi) is 7.58. The highest BCUT2D eigenvalue weighted by Gasteiger charge is 2.33. The number of nitrogens with zero attached hydrogens (tertiary/aromatic N) is 1. The second-order valence-electron chi connectivity index (χ2n) is 6.23. The third-order valence-electron chi connectivity index (χ3n) is 4.19. The molecule has 1 aliphatic heterocycles. The minimum Gasteiger partial charge on any atom is -0.490 e. The fourth-order valence-electron chi connectivity index (χ4n) is 2.78. The van der Waals surface area contributed by atoms with E-state index < -0.39 is 0 Å². The van der Waals surface area contributed by atoms with Crippen LogP contribution in [0.25, 0.3) is 6.08 Å². The smallest absolute Gasteiger partial charge is 0.293 e. The fraction of sp³-hybridized carbons (Fsp3) is 0.238. The SMILES string of the molecule is CCOc1cc(/C=C2/SC(=O)N(CC)C2=O)cc(Cl)c1OCc1ccc(Cl)c(Cl)c1. The molecule has 0 saturated carbocycles. The van der Waals surface area contributed by atoms with E-state index in [9.17, 15) is 9.59 Å². The van der Waals surface area contributed by atoms with Crippen molar-refractivity contribution in [3.05, 3.63) is 61.4 Å². The van der Waals surface area contributed by atoms with E-state index in [-0.39, 0.29) is 17.8 Å². The predicted octanol–water partition coefficient (Wildman–Crippen LogP) is 6.68. The minimum absolute atomic E-state index is 0.214. The van der Waals surface area contributed by atoms with Crippen molar-refractivity contribution >= 4 is 63.8 Å². The van der Waals surface area contributed by atoms with Gasteiger partial charge in [0, 0.05) is 6.54 Å². The Labute approximate surface area is 193 Å². The van der Waals surface area contributed by atoms with Crippen LogP contribution in [0.2, 0.25) is 15.1 Å². The van der Waals surface area contributed by atoms with Crippen molar-refractivity contribution in [1.82, 2.24) is 4.90 Å². The standard InChI is InChI=1S/C21H18Cl3NO4S/c1-3-25-20(26)18(30-21(25)27)10-13-8-16(24)19(17(9-13)28-4-2)29-11-12-5-6-14(22)15(23)7-12/h5-10H,3-4,11H2,1-2H3/b18-10+. The van der Waals surface area contributed by atoms with Gasteiger partial charge in [0.2, 0.25) is 0 Å². The molecule has 0 radical (unpaired) electrons. The summed E-state index contributed by atoms with van der Waals surface area (Å²) >= 11 is 19.3. The number of carbonyl (C=O) groups excluding carboxylic acids is 2. The summed E-state index contributed by atoms with van der Waals surface area (Å²) in [6.45, 7) is 4.54. The first-order valence-electron chi connectivity index (χ1n) is 9.12. The molecular formula is C21H18Cl3NO4S. The fourth-order valence-corrected chi connectivity index (χ4v) is 4.28. The molecule has 1 fully saturated rings. The highest BCUT2D eigenvalue weighted by atomic mass is 35.5. The second-order valence-corrected chi connectivity index (χ2v) is 8.44. The molecule has 2 aromatic rings. The van der Waals surface area contributed by atoms with Gasteiger partial charge >= 0.3 is 0 Å². The zero-order chi connectivity index (χ0) is 21.8. The molecule has 3 rings (SSSR count). The Hall–Kier alpha value is -1.86. The molecule has 0 N–H and O–H groups in total. The summed E-state index contributed by atoms with van der Waals surface area (Å²) in [6.07, 6.45) is 1.62. The molecule has 30 heavy (non-hydrogen) atoms. The van der Waals surface area contributed by atoms with Gasteiger partial charge in [-0.3, -0.25) is 14.5 Å². The van der Waals surface area contributed by atoms with Gasteiger partial charge in [0.25, 0.3) is 11.1 Å². The Morgan fingerprint density at radius 3 is 2.40 bits per heavy atom. The number of rotatable bonds is 7. The van der Waals surface area contributed by atoms with Crippen molar-refractivity contribution < 1.29 is 19.1 Å². The molecule has 0 aliphatic carbocycles. The van der Waals surface area contributed by atoms with Gasteiger partial charge in [0.1, 0.15) is 6.61 Å². The lowest BCUT2D eigenvalue weighted by molar-refractivity contribution is -0.122. The molecule has 0 spiro atoms. The maximum atomic E-state index is 12.3. The van der Waals surface area contributed by atoms with E-state index in [4.69, 9.17) is 44.3 Å². The van der Waals surface area contributed by atoms with Crippen LogP contribution in [-0.2, 0) is 11.4 Å². The van der Waals surface area contributed by atoms with Gasteiger partial charge in [-0.1, -0.05) is 40.9 Å². The number of hydrogen-bond acceptors (Lipinski definition) is 5. The van der Waals surface area contributed by atoms with Gasteiger partial charge in [0.15, 0.2) is 11.5 Å². The summed E-state index contributed by atoms with van der Waals surface area (Å²) in [4.78, 5) is 25.8. The largest absolute Gasteiger partial charge is 0.490 e. The Morgan fingerprint density at radius 1 is 1.00 bits per heavy atom. The third kappa shape index (κ3) is 5.06. The summed E-state index contributed by atoms with van der Waals surface area (Å²) < 4.78 is 11.6. The highest BCUT2D eigenvalue weighted by Crippen LogP contribution is 2.39. The summed E-state index contributed by atoms with van der Waals surface area (Å²) in [5.41, 5.74) is 1.45. The van der Waals surface area contributed by atoms with Gasteiger partial charge in [-0.05, 0) is 67.1 Å². The molecule has 1 heterocycles. The van der Waals surface area contributed by atoms with Crippen molar-refractivity contribution in [3.8, 4) is 11.5 Å². The van der Waals surface area contributed by atoms with Crippen LogP contribution in [0.5, 0.6) is 11.5 Å². The van der Waals surface area contributed by atoms with Gasteiger partial charge in [0.05, 0.1) is 26.6 Å². The van der Waals surface area contributed by atoms with Crippen molar-refractivity contribution in [2.75, 3.05) is 13.2 Å². The summed E-state index contributed by atoms with van der Waals surface area (Å²) in [6, 6.07) is 8.60. The Balaban J connectivity index is 1.87. The number of halogens is 3. The summed E-state index contributed by atoms with van der Waals surface area (Å²) in [7, 11) is 0. The van der Waals surface area contributed by atoms with E-state index in [2.05, 4.69) is 0 Å². The van der Waals surface area contributed by atoms with Crippen molar-refractivity contribution in [3.63, 3.8) is 0 Å². The van der Waals surface area contributed by atoms with E-state index in [0.717, 1.165) is 17.3 Å². The zero-order valence-electron chi connectivity index (χ0n) is 16.2. The van der Waals surface area contributed by atoms with Crippen LogP contribution >= 0.6 is 46.6 Å². The number of hydrogen-bond donors (Lipinski definition) is 0. The lowest BCUT2D eigenvalue weighted by Gasteiger charge is -2.15. The number of thioether (sulfide) groups is 1. The number of likely N-dealkylation sites (N-methyl/N-ethyl adjacent to an activating group) is 1. The average Bonchev–Trinajstić information content (AvgIpc) is 2.96. The first kappa shape index (κ1) is 22.8. The molecule has 1 saturated heterocycles. The van der Waals surface area contributed by atoms with Crippen LogP contribution in [0.1, 0.15) is 25.0 Å². The monoisotopic (exact) mass is 485 g/mol. The van der Waals surface area contributed by atoms with Crippen LogP contribution < -0.4 is 9.47 Å². The lowest BCUT2D eigenvalue weighted by atomic mass is 10.1. The maximum absolute atomic E-state index is 12.3. The maximum Gasteiger partial charge on any atom is 0.293 e. The predicted molar refractivity (Wildman–Crippen MR) is 122 cm³/mol. The van der Waals surface area contributed by atoms with Crippen LogP contribution in [0.3, 0.4) is 0 Å². The molecule has 0 bridgehead atoms. The van der Waals surface area contributed by atoms with Crippen LogP contribution in [0.15, 0.2) is 35.2 Å². The lowest BCUT2D eigenvalue weighted by Crippen LogP contribution is -2.27. The summed E-state index contributed by atoms with van der Waals surface area (Å²) in [5.74, 6) is 0.496. The number of benzene rings is 2. The average molecular weight is 487 g/mol. The molecule has 0 aromatic heterocycles. The van der Waals surface area contributed by atoms with Crippen LogP contribution in [0, 0.1) is 0 Å². The topological polar surface area (TPSA) is 55.8 Å². The third-order valence-corrected chi connectivity index (χ3v) is 6.11. The van der Waals surface area contributed by atoms with Crippen LogP contribution in [0.4, 0.5) is 4.79 Å². The minimum atomic E-state index is -0.318. The van der Waals surface area contributed by atoms with Gasteiger partial charge in [-0.15, -0.1) is 0 Å². The number of ether oxygens (including phenoxy) is 2. The van der Waals surface area contributed by atoms with Gasteiger partial charge in [-0.25, -0.2) is 0 Å². The van der Waals surface area contributed by atoms with E-state index in [1.54, 1.807) is 43.3 Å². The van der Waals surface area contributed by atoms with Crippen molar-refractivity contribution in [1.29, 1.82) is 0 Å². The van der Waals surface area contributed by atoms with E-state index in [1.807, 2.05) is 6.92 Å². The van der Waals surface area contributed by atoms with E-state index in [1.165, 1.54) is 4.90 Å². The summed E-state index contributed by atoms with van der Waals surface area (Å²) in [5, 5.41) is 0.934. The number of carbonyl (C=O) groups is 2. The number of imide groups is 1. The highest BCUT2D eigenvalue weighted by molar-refractivity contribution is 8.18. The Morgan fingerprint density at radius 2 is 1.77 bits per heavy atom. The second kappa shape index (κ2) is 9.96. The number of amides is 2. The van der Waals surface area contributed by atoms with Crippen molar-refractivity contribution in [2.45, 2.75) is 20.5 Å². The quantitative estimate of drug-likeness (QED) is 0.409. The molecule has 9 heteroatoms. The molecule has 2 aromatic carbocycles. The van der Waals surface area contributed by atoms with E-state index >= 15 is 0 Å². The zero-order valence-corrected chi connectivity index (χ0v) is 19.3.